The van der Waals surface area contributed by atoms with Crippen LogP contribution < -0.4 is 5.32 Å². The predicted octanol–water partition coefficient (Wildman–Crippen LogP) is 4.25. The molecule has 0 saturated heterocycles. The Morgan fingerprint density at radius 2 is 1.48 bits per heavy atom. The molecule has 1 atom stereocenters. The van der Waals surface area contributed by atoms with E-state index in [1.165, 1.54) is 0 Å². The molecule has 0 fully saturated rings. The first-order chi connectivity index (χ1) is 9.97. The van der Waals surface area contributed by atoms with Crippen LogP contribution in [0.15, 0.2) is 60.7 Å². The van der Waals surface area contributed by atoms with E-state index in [9.17, 15) is 4.79 Å². The van der Waals surface area contributed by atoms with Crippen molar-refractivity contribution in [3.8, 4) is 0 Å². The van der Waals surface area contributed by atoms with Gasteiger partial charge in [0.2, 0.25) is 0 Å². The first-order valence-corrected chi connectivity index (χ1v) is 7.35. The number of carbonyl (C=O) groups excluding carboxylic acids is 1. The van der Waals surface area contributed by atoms with Crippen molar-refractivity contribution in [3.05, 3.63) is 71.8 Å². The van der Waals surface area contributed by atoms with Gasteiger partial charge >= 0.3 is 0 Å². The Kier molecular flexibility index (Phi) is 4.92. The standard InChI is InChI=1S/C19H23NO/c1-19(2,3)14-20-17(15-10-6-4-7-11-15)18(21)16-12-8-5-9-13-16/h4-13,17,20H,14H2,1-3H3. The molecule has 0 radical (unpaired) electrons. The summed E-state index contributed by atoms with van der Waals surface area (Å²) in [4.78, 5) is 12.8. The number of Topliss-reactive ketones (excluding diaryl/α,β-unsaturated/α-hetero) is 1. The highest BCUT2D eigenvalue weighted by molar-refractivity contribution is 6.00. The highest BCUT2D eigenvalue weighted by Crippen LogP contribution is 2.21. The number of hydrogen-bond donors (Lipinski definition) is 1. The van der Waals surface area contributed by atoms with Crippen LogP contribution in [0.25, 0.3) is 0 Å². The Morgan fingerprint density at radius 3 is 2.00 bits per heavy atom. The average Bonchev–Trinajstić information content (AvgIpc) is 2.48. The summed E-state index contributed by atoms with van der Waals surface area (Å²) in [5.41, 5.74) is 1.88. The van der Waals surface area contributed by atoms with Crippen LogP contribution in [0.2, 0.25) is 0 Å². The van der Waals surface area contributed by atoms with E-state index in [4.69, 9.17) is 0 Å². The van der Waals surface area contributed by atoms with E-state index in [0.717, 1.165) is 17.7 Å². The third-order valence-corrected chi connectivity index (χ3v) is 3.29. The highest BCUT2D eigenvalue weighted by Gasteiger charge is 2.23. The fourth-order valence-corrected chi connectivity index (χ4v) is 2.18. The minimum absolute atomic E-state index is 0.117. The molecule has 2 aromatic rings. The molecule has 0 spiro atoms. The first kappa shape index (κ1) is 15.5. The predicted molar refractivity (Wildman–Crippen MR) is 87.4 cm³/mol. The Balaban J connectivity index is 2.26. The Hall–Kier alpha value is -1.93. The van der Waals surface area contributed by atoms with Crippen LogP contribution in [0.3, 0.4) is 0 Å². The number of hydrogen-bond acceptors (Lipinski definition) is 2. The monoisotopic (exact) mass is 281 g/mol. The molecule has 2 heteroatoms. The van der Waals surface area contributed by atoms with Crippen molar-refractivity contribution in [1.29, 1.82) is 0 Å². The van der Waals surface area contributed by atoms with Crippen LogP contribution in [0.5, 0.6) is 0 Å². The van der Waals surface area contributed by atoms with E-state index in [-0.39, 0.29) is 17.2 Å². The minimum atomic E-state index is -0.298. The summed E-state index contributed by atoms with van der Waals surface area (Å²) in [6.07, 6.45) is 0. The Morgan fingerprint density at radius 1 is 0.952 bits per heavy atom. The molecule has 1 N–H and O–H groups in total. The Bertz CT molecular complexity index is 570. The van der Waals surface area contributed by atoms with Crippen molar-refractivity contribution in [2.75, 3.05) is 6.54 Å². The van der Waals surface area contributed by atoms with Gasteiger partial charge in [-0.15, -0.1) is 0 Å². The molecule has 0 aromatic heterocycles. The van der Waals surface area contributed by atoms with Gasteiger partial charge in [0.1, 0.15) is 0 Å². The Labute approximate surface area is 127 Å². The van der Waals surface area contributed by atoms with Crippen molar-refractivity contribution in [3.63, 3.8) is 0 Å². The van der Waals surface area contributed by atoms with Crippen molar-refractivity contribution in [2.24, 2.45) is 5.41 Å². The molecular weight excluding hydrogens is 258 g/mol. The zero-order valence-corrected chi connectivity index (χ0v) is 13.0. The van der Waals surface area contributed by atoms with Gasteiger partial charge in [0.05, 0.1) is 6.04 Å². The van der Waals surface area contributed by atoms with Crippen molar-refractivity contribution in [1.82, 2.24) is 5.32 Å². The normalized spacial score (nSPS) is 12.9. The third kappa shape index (κ3) is 4.54. The van der Waals surface area contributed by atoms with E-state index in [1.54, 1.807) is 0 Å². The molecule has 2 rings (SSSR count). The van der Waals surface area contributed by atoms with Crippen LogP contribution in [0.4, 0.5) is 0 Å². The highest BCUT2D eigenvalue weighted by atomic mass is 16.1. The topological polar surface area (TPSA) is 29.1 Å². The van der Waals surface area contributed by atoms with Crippen LogP contribution >= 0.6 is 0 Å². The molecule has 0 bridgehead atoms. The molecule has 0 aliphatic rings. The number of rotatable bonds is 5. The lowest BCUT2D eigenvalue weighted by Gasteiger charge is -2.24. The summed E-state index contributed by atoms with van der Waals surface area (Å²) in [7, 11) is 0. The maximum atomic E-state index is 12.8. The van der Waals surface area contributed by atoms with Gasteiger partial charge in [0, 0.05) is 12.1 Å². The quantitative estimate of drug-likeness (QED) is 0.830. The molecule has 0 aliphatic carbocycles. The van der Waals surface area contributed by atoms with Crippen molar-refractivity contribution >= 4 is 5.78 Å². The van der Waals surface area contributed by atoms with E-state index < -0.39 is 0 Å². The number of carbonyl (C=O) groups is 1. The summed E-state index contributed by atoms with van der Waals surface area (Å²) in [6.45, 7) is 7.27. The van der Waals surface area contributed by atoms with E-state index >= 15 is 0 Å². The van der Waals surface area contributed by atoms with Gasteiger partial charge in [0.25, 0.3) is 0 Å². The van der Waals surface area contributed by atoms with E-state index in [2.05, 4.69) is 26.1 Å². The molecule has 0 amide bonds. The van der Waals surface area contributed by atoms with Crippen molar-refractivity contribution in [2.45, 2.75) is 26.8 Å². The average molecular weight is 281 g/mol. The van der Waals surface area contributed by atoms with Crippen LogP contribution in [0.1, 0.15) is 42.7 Å². The SMILES string of the molecule is CC(C)(C)CNC(C(=O)c1ccccc1)c1ccccc1. The fourth-order valence-electron chi connectivity index (χ4n) is 2.18. The number of ketones is 1. The maximum Gasteiger partial charge on any atom is 0.184 e. The summed E-state index contributed by atoms with van der Waals surface area (Å²) in [5, 5.41) is 3.42. The molecule has 0 heterocycles. The van der Waals surface area contributed by atoms with Gasteiger partial charge in [-0.05, 0) is 11.0 Å². The second-order valence-corrected chi connectivity index (χ2v) is 6.52. The molecule has 110 valence electrons. The largest absolute Gasteiger partial charge is 0.303 e. The van der Waals surface area contributed by atoms with Crippen LogP contribution in [0, 0.1) is 5.41 Å². The smallest absolute Gasteiger partial charge is 0.184 e. The van der Waals surface area contributed by atoms with Crippen LogP contribution in [-0.4, -0.2) is 12.3 Å². The third-order valence-electron chi connectivity index (χ3n) is 3.29. The minimum Gasteiger partial charge on any atom is -0.303 e. The van der Waals surface area contributed by atoms with Gasteiger partial charge in [-0.1, -0.05) is 81.4 Å². The molecule has 0 saturated carbocycles. The summed E-state index contributed by atoms with van der Waals surface area (Å²) in [6, 6.07) is 19.1. The first-order valence-electron chi connectivity index (χ1n) is 7.35. The summed E-state index contributed by atoms with van der Waals surface area (Å²) < 4.78 is 0. The lowest BCUT2D eigenvalue weighted by Crippen LogP contribution is -2.35. The van der Waals surface area contributed by atoms with E-state index in [1.807, 2.05) is 60.7 Å². The lowest BCUT2D eigenvalue weighted by molar-refractivity contribution is 0.0937. The second kappa shape index (κ2) is 6.68. The van der Waals surface area contributed by atoms with Gasteiger partial charge in [-0.25, -0.2) is 0 Å². The van der Waals surface area contributed by atoms with Gasteiger partial charge in [-0.2, -0.15) is 0 Å². The maximum absolute atomic E-state index is 12.8. The van der Waals surface area contributed by atoms with Crippen LogP contribution in [-0.2, 0) is 0 Å². The fraction of sp³-hybridized carbons (Fsp3) is 0.316. The summed E-state index contributed by atoms with van der Waals surface area (Å²) in [5.74, 6) is 0.117. The molecular formula is C19H23NO. The molecule has 2 aromatic carbocycles. The second-order valence-electron chi connectivity index (χ2n) is 6.52. The zero-order valence-electron chi connectivity index (χ0n) is 13.0. The number of benzene rings is 2. The molecule has 21 heavy (non-hydrogen) atoms. The van der Waals surface area contributed by atoms with Gasteiger partial charge in [-0.3, -0.25) is 4.79 Å². The molecule has 2 nitrogen and oxygen atoms in total. The summed E-state index contributed by atoms with van der Waals surface area (Å²) >= 11 is 0. The lowest BCUT2D eigenvalue weighted by atomic mass is 9.93. The van der Waals surface area contributed by atoms with Crippen molar-refractivity contribution < 1.29 is 4.79 Å². The zero-order chi connectivity index (χ0) is 15.3. The van der Waals surface area contributed by atoms with E-state index in [0.29, 0.717) is 0 Å². The van der Waals surface area contributed by atoms with Gasteiger partial charge < -0.3 is 5.32 Å². The molecule has 1 unspecified atom stereocenters. The van der Waals surface area contributed by atoms with Gasteiger partial charge in [0.15, 0.2) is 5.78 Å². The number of nitrogens with one attached hydrogen (secondary N) is 1. The molecule has 0 aliphatic heterocycles.